The van der Waals surface area contributed by atoms with Gasteiger partial charge in [-0.15, -0.1) is 0 Å². The van der Waals surface area contributed by atoms with Gasteiger partial charge in [0.1, 0.15) is 0 Å². The van der Waals surface area contributed by atoms with Crippen LogP contribution < -0.4 is 5.32 Å². The van der Waals surface area contributed by atoms with E-state index in [9.17, 15) is 0 Å². The molecule has 1 aromatic rings. The van der Waals surface area contributed by atoms with Gasteiger partial charge in [-0.1, -0.05) is 0 Å². The van der Waals surface area contributed by atoms with E-state index in [-0.39, 0.29) is 5.60 Å². The van der Waals surface area contributed by atoms with Crippen LogP contribution in [0, 0.1) is 0 Å². The lowest BCUT2D eigenvalue weighted by Crippen LogP contribution is -2.45. The summed E-state index contributed by atoms with van der Waals surface area (Å²) in [7, 11) is 3.94. The molecule has 0 amide bonds. The Kier molecular flexibility index (Phi) is 3.12. The highest BCUT2D eigenvalue weighted by Crippen LogP contribution is 2.26. The third-order valence-corrected chi connectivity index (χ3v) is 3.50. The first-order chi connectivity index (χ1) is 7.26. The Bertz CT molecular complexity index is 313. The van der Waals surface area contributed by atoms with E-state index >= 15 is 0 Å². The van der Waals surface area contributed by atoms with Crippen molar-refractivity contribution in [2.75, 3.05) is 20.2 Å². The van der Waals surface area contributed by atoms with E-state index in [1.165, 1.54) is 5.69 Å². The fraction of sp³-hybridized carbons (Fsp3) is 0.667. The summed E-state index contributed by atoms with van der Waals surface area (Å²) >= 11 is 0. The van der Waals surface area contributed by atoms with Crippen LogP contribution >= 0.6 is 0 Å². The second kappa shape index (κ2) is 4.37. The fourth-order valence-electron chi connectivity index (χ4n) is 2.35. The zero-order valence-electron chi connectivity index (χ0n) is 9.62. The Labute approximate surface area is 91.4 Å². The molecule has 3 nitrogen and oxygen atoms in total. The maximum atomic E-state index is 5.75. The average Bonchev–Trinajstić information content (AvgIpc) is 2.66. The molecule has 2 rings (SSSR count). The number of hydrogen-bond acceptors (Lipinski definition) is 2. The molecule has 2 heterocycles. The SMILES string of the molecule is COC1(Cc2cccn2C)CCNCC1. The first kappa shape index (κ1) is 10.7. The molecular formula is C12H20N2O. The van der Waals surface area contributed by atoms with E-state index in [1.807, 2.05) is 7.11 Å². The second-order valence-corrected chi connectivity index (χ2v) is 4.42. The van der Waals surface area contributed by atoms with Crippen molar-refractivity contribution in [3.05, 3.63) is 24.0 Å². The molecule has 0 bridgehead atoms. The van der Waals surface area contributed by atoms with Crippen molar-refractivity contribution in [3.63, 3.8) is 0 Å². The molecule has 84 valence electrons. The quantitative estimate of drug-likeness (QED) is 0.811. The molecule has 0 atom stereocenters. The topological polar surface area (TPSA) is 26.2 Å². The largest absolute Gasteiger partial charge is 0.378 e. The van der Waals surface area contributed by atoms with Crippen molar-refractivity contribution in [3.8, 4) is 0 Å². The van der Waals surface area contributed by atoms with Crippen molar-refractivity contribution in [1.29, 1.82) is 0 Å². The minimum absolute atomic E-state index is 0.0529. The molecule has 1 saturated heterocycles. The van der Waals surface area contributed by atoms with E-state index in [0.29, 0.717) is 0 Å². The molecule has 0 spiro atoms. The van der Waals surface area contributed by atoms with Crippen molar-refractivity contribution in [2.24, 2.45) is 7.05 Å². The minimum atomic E-state index is 0.0529. The van der Waals surface area contributed by atoms with Crippen LogP contribution in [0.3, 0.4) is 0 Å². The fourth-order valence-corrected chi connectivity index (χ4v) is 2.35. The lowest BCUT2D eigenvalue weighted by molar-refractivity contribution is -0.0344. The molecule has 1 N–H and O–H groups in total. The van der Waals surface area contributed by atoms with Crippen molar-refractivity contribution >= 4 is 0 Å². The lowest BCUT2D eigenvalue weighted by atomic mass is 9.87. The van der Waals surface area contributed by atoms with Crippen LogP contribution in [0.2, 0.25) is 0 Å². The normalized spacial score (nSPS) is 20.4. The first-order valence-corrected chi connectivity index (χ1v) is 5.62. The molecule has 1 fully saturated rings. The standard InChI is InChI=1S/C12H20N2O/c1-14-9-3-4-11(14)10-12(15-2)5-7-13-8-6-12/h3-4,9,13H,5-8,10H2,1-2H3. The monoisotopic (exact) mass is 208 g/mol. The number of piperidine rings is 1. The summed E-state index contributed by atoms with van der Waals surface area (Å²) in [5.41, 5.74) is 1.41. The third-order valence-electron chi connectivity index (χ3n) is 3.50. The summed E-state index contributed by atoms with van der Waals surface area (Å²) in [5.74, 6) is 0. The summed E-state index contributed by atoms with van der Waals surface area (Å²) in [6, 6.07) is 4.28. The number of hydrogen-bond donors (Lipinski definition) is 1. The highest BCUT2D eigenvalue weighted by atomic mass is 16.5. The van der Waals surface area contributed by atoms with Gasteiger partial charge in [0.2, 0.25) is 0 Å². The predicted molar refractivity (Wildman–Crippen MR) is 61.0 cm³/mol. The Morgan fingerprint density at radius 2 is 2.20 bits per heavy atom. The second-order valence-electron chi connectivity index (χ2n) is 4.42. The van der Waals surface area contributed by atoms with Gasteiger partial charge < -0.3 is 14.6 Å². The van der Waals surface area contributed by atoms with Crippen LogP contribution in [-0.4, -0.2) is 30.4 Å². The van der Waals surface area contributed by atoms with Crippen LogP contribution in [0.25, 0.3) is 0 Å². The maximum absolute atomic E-state index is 5.75. The third kappa shape index (κ3) is 2.24. The lowest BCUT2D eigenvalue weighted by Gasteiger charge is -2.36. The summed E-state index contributed by atoms with van der Waals surface area (Å²) in [6.45, 7) is 2.14. The molecule has 0 aromatic carbocycles. The Hall–Kier alpha value is -0.800. The molecule has 15 heavy (non-hydrogen) atoms. The number of rotatable bonds is 3. The Balaban J connectivity index is 2.10. The van der Waals surface area contributed by atoms with Gasteiger partial charge in [-0.3, -0.25) is 0 Å². The molecule has 0 saturated carbocycles. The highest BCUT2D eigenvalue weighted by Gasteiger charge is 2.32. The number of ether oxygens (including phenoxy) is 1. The molecule has 1 aromatic heterocycles. The van der Waals surface area contributed by atoms with Gasteiger partial charge in [0.25, 0.3) is 0 Å². The summed E-state index contributed by atoms with van der Waals surface area (Å²) < 4.78 is 7.94. The Morgan fingerprint density at radius 3 is 2.73 bits per heavy atom. The molecule has 0 unspecified atom stereocenters. The van der Waals surface area contributed by atoms with Crippen molar-refractivity contribution < 1.29 is 4.74 Å². The minimum Gasteiger partial charge on any atom is -0.378 e. The predicted octanol–water partition coefficient (Wildman–Crippen LogP) is 1.34. The van der Waals surface area contributed by atoms with Crippen molar-refractivity contribution in [2.45, 2.75) is 24.9 Å². The van der Waals surface area contributed by atoms with Gasteiger partial charge >= 0.3 is 0 Å². The molecule has 3 heteroatoms. The van der Waals surface area contributed by atoms with E-state index in [2.05, 4.69) is 35.3 Å². The number of aromatic nitrogens is 1. The average molecular weight is 208 g/mol. The van der Waals surface area contributed by atoms with E-state index in [4.69, 9.17) is 4.74 Å². The number of nitrogens with one attached hydrogen (secondary N) is 1. The number of methoxy groups -OCH3 is 1. The van der Waals surface area contributed by atoms with Crippen LogP contribution in [0.1, 0.15) is 18.5 Å². The van der Waals surface area contributed by atoms with Gasteiger partial charge in [-0.2, -0.15) is 0 Å². The van der Waals surface area contributed by atoms with Gasteiger partial charge in [0, 0.05) is 32.5 Å². The van der Waals surface area contributed by atoms with Crippen molar-refractivity contribution in [1.82, 2.24) is 9.88 Å². The zero-order chi connectivity index (χ0) is 10.7. The van der Waals surface area contributed by atoms with Gasteiger partial charge in [0.05, 0.1) is 5.60 Å². The van der Waals surface area contributed by atoms with E-state index in [1.54, 1.807) is 0 Å². The summed E-state index contributed by atoms with van der Waals surface area (Å²) in [5, 5.41) is 3.38. The van der Waals surface area contributed by atoms with Crippen LogP contribution in [0.4, 0.5) is 0 Å². The summed E-state index contributed by atoms with van der Waals surface area (Å²) in [6.07, 6.45) is 5.33. The number of nitrogens with zero attached hydrogens (tertiary/aromatic N) is 1. The molecule has 1 aliphatic rings. The number of aryl methyl sites for hydroxylation is 1. The molecule has 0 radical (unpaired) electrons. The smallest absolute Gasteiger partial charge is 0.0757 e. The zero-order valence-corrected chi connectivity index (χ0v) is 9.62. The summed E-state index contributed by atoms with van der Waals surface area (Å²) in [4.78, 5) is 0. The first-order valence-electron chi connectivity index (χ1n) is 5.62. The van der Waals surface area contributed by atoms with E-state index < -0.39 is 0 Å². The van der Waals surface area contributed by atoms with Gasteiger partial charge in [-0.25, -0.2) is 0 Å². The van der Waals surface area contributed by atoms with Crippen LogP contribution in [0.5, 0.6) is 0 Å². The Morgan fingerprint density at radius 1 is 1.47 bits per heavy atom. The molecule has 1 aliphatic heterocycles. The van der Waals surface area contributed by atoms with Crippen LogP contribution in [-0.2, 0) is 18.2 Å². The van der Waals surface area contributed by atoms with E-state index in [0.717, 1.165) is 32.4 Å². The highest BCUT2D eigenvalue weighted by molar-refractivity contribution is 5.10. The molecule has 0 aliphatic carbocycles. The van der Waals surface area contributed by atoms with Crippen LogP contribution in [0.15, 0.2) is 18.3 Å². The molecular weight excluding hydrogens is 188 g/mol. The maximum Gasteiger partial charge on any atom is 0.0757 e. The van der Waals surface area contributed by atoms with Gasteiger partial charge in [-0.05, 0) is 38.1 Å². The van der Waals surface area contributed by atoms with Gasteiger partial charge in [0.15, 0.2) is 0 Å².